The number of fused-ring (bicyclic) bond motifs is 1. The van der Waals surface area contributed by atoms with Crippen LogP contribution in [0, 0.1) is 0 Å². The molecule has 0 fully saturated rings. The Kier molecular flexibility index (Phi) is 4.68. The second-order valence-electron chi connectivity index (χ2n) is 5.22. The van der Waals surface area contributed by atoms with E-state index in [1.165, 1.54) is 30.6 Å². The summed E-state index contributed by atoms with van der Waals surface area (Å²) in [5.41, 5.74) is 0.974. The third-order valence-corrected chi connectivity index (χ3v) is 5.76. The zero-order chi connectivity index (χ0) is 18.2. The van der Waals surface area contributed by atoms with Crippen LogP contribution >= 0.6 is 22.9 Å². The number of nitrogens with one attached hydrogen (secondary N) is 1. The van der Waals surface area contributed by atoms with Gasteiger partial charge in [-0.1, -0.05) is 22.9 Å². The predicted molar refractivity (Wildman–Crippen MR) is 98.7 cm³/mol. The standard InChI is InChI=1S/C16H13ClN2O4S2/c1-23-13-6-3-9(7-11(13)17)15(20)19-16-18-12-5-4-10(25(2,21)22)8-14(12)24-16/h3-8H,1-2H3,(H,18,19,20). The fourth-order valence-electron chi connectivity index (χ4n) is 2.17. The number of halogens is 1. The van der Waals surface area contributed by atoms with Crippen molar-refractivity contribution in [3.63, 3.8) is 0 Å². The molecule has 0 radical (unpaired) electrons. The van der Waals surface area contributed by atoms with Crippen molar-refractivity contribution in [2.75, 3.05) is 18.7 Å². The molecule has 2 aromatic carbocycles. The number of rotatable bonds is 4. The number of thiazole rings is 1. The predicted octanol–water partition coefficient (Wildman–Crippen LogP) is 3.61. The number of carbonyl (C=O) groups is 1. The lowest BCUT2D eigenvalue weighted by atomic mass is 10.2. The number of nitrogens with zero attached hydrogens (tertiary/aromatic N) is 1. The first-order chi connectivity index (χ1) is 11.8. The number of aromatic nitrogens is 1. The van der Waals surface area contributed by atoms with Gasteiger partial charge in [-0.05, 0) is 36.4 Å². The van der Waals surface area contributed by atoms with Gasteiger partial charge in [0.1, 0.15) is 5.75 Å². The lowest BCUT2D eigenvalue weighted by Gasteiger charge is -2.05. The number of sulfone groups is 1. The van der Waals surface area contributed by atoms with Gasteiger partial charge in [0.25, 0.3) is 5.91 Å². The molecule has 9 heteroatoms. The van der Waals surface area contributed by atoms with Crippen molar-refractivity contribution in [2.45, 2.75) is 4.90 Å². The summed E-state index contributed by atoms with van der Waals surface area (Å²) in [6.07, 6.45) is 1.14. The second-order valence-corrected chi connectivity index (χ2v) is 8.68. The van der Waals surface area contributed by atoms with Crippen LogP contribution in [-0.4, -0.2) is 32.7 Å². The molecule has 0 saturated carbocycles. The van der Waals surface area contributed by atoms with Crippen molar-refractivity contribution in [3.8, 4) is 5.75 Å². The lowest BCUT2D eigenvalue weighted by molar-refractivity contribution is 0.102. The van der Waals surface area contributed by atoms with Crippen LogP contribution in [0.25, 0.3) is 10.2 Å². The summed E-state index contributed by atoms with van der Waals surface area (Å²) in [4.78, 5) is 16.8. The minimum Gasteiger partial charge on any atom is -0.495 e. The maximum Gasteiger partial charge on any atom is 0.257 e. The van der Waals surface area contributed by atoms with Crippen molar-refractivity contribution in [1.29, 1.82) is 0 Å². The molecular formula is C16H13ClN2O4S2. The molecule has 0 aliphatic heterocycles. The number of hydrogen-bond acceptors (Lipinski definition) is 6. The van der Waals surface area contributed by atoms with Crippen LogP contribution < -0.4 is 10.1 Å². The van der Waals surface area contributed by atoms with E-state index in [2.05, 4.69) is 10.3 Å². The van der Waals surface area contributed by atoms with Crippen LogP contribution in [0.15, 0.2) is 41.3 Å². The number of methoxy groups -OCH3 is 1. The topological polar surface area (TPSA) is 85.4 Å². The van der Waals surface area contributed by atoms with Gasteiger partial charge in [-0.25, -0.2) is 13.4 Å². The molecule has 3 rings (SSSR count). The third kappa shape index (κ3) is 3.76. The van der Waals surface area contributed by atoms with Crippen LogP contribution in [0.4, 0.5) is 5.13 Å². The highest BCUT2D eigenvalue weighted by Crippen LogP contribution is 2.29. The lowest BCUT2D eigenvalue weighted by Crippen LogP contribution is -2.11. The molecule has 25 heavy (non-hydrogen) atoms. The van der Waals surface area contributed by atoms with Gasteiger partial charge in [0, 0.05) is 11.8 Å². The number of anilines is 1. The molecule has 0 atom stereocenters. The van der Waals surface area contributed by atoms with Crippen LogP contribution in [-0.2, 0) is 9.84 Å². The number of benzene rings is 2. The van der Waals surface area contributed by atoms with E-state index in [9.17, 15) is 13.2 Å². The van der Waals surface area contributed by atoms with E-state index < -0.39 is 9.84 Å². The van der Waals surface area contributed by atoms with Gasteiger partial charge in [-0.15, -0.1) is 0 Å². The summed E-state index contributed by atoms with van der Waals surface area (Å²) in [7, 11) is -1.80. The van der Waals surface area contributed by atoms with E-state index in [1.807, 2.05) is 0 Å². The zero-order valence-electron chi connectivity index (χ0n) is 13.2. The Morgan fingerprint density at radius 3 is 2.64 bits per heavy atom. The number of ether oxygens (including phenoxy) is 1. The minimum atomic E-state index is -3.30. The molecule has 0 bridgehead atoms. The highest BCUT2D eigenvalue weighted by atomic mass is 35.5. The van der Waals surface area contributed by atoms with Crippen LogP contribution in [0.2, 0.25) is 5.02 Å². The van der Waals surface area contributed by atoms with Gasteiger partial charge in [0.05, 0.1) is 27.2 Å². The maximum absolute atomic E-state index is 12.3. The summed E-state index contributed by atoms with van der Waals surface area (Å²) in [5.74, 6) is 0.110. The average Bonchev–Trinajstić information content (AvgIpc) is 2.95. The molecular weight excluding hydrogens is 384 g/mol. The van der Waals surface area contributed by atoms with Crippen LogP contribution in [0.5, 0.6) is 5.75 Å². The Hall–Kier alpha value is -2.16. The normalized spacial score (nSPS) is 11.5. The monoisotopic (exact) mass is 396 g/mol. The van der Waals surface area contributed by atoms with Crippen molar-refractivity contribution < 1.29 is 17.9 Å². The highest BCUT2D eigenvalue weighted by Gasteiger charge is 2.14. The zero-order valence-corrected chi connectivity index (χ0v) is 15.6. The first-order valence-corrected chi connectivity index (χ1v) is 10.1. The highest BCUT2D eigenvalue weighted by molar-refractivity contribution is 7.90. The van der Waals surface area contributed by atoms with Crippen molar-refractivity contribution in [1.82, 2.24) is 4.98 Å². The summed E-state index contributed by atoms with van der Waals surface area (Å²) in [6.45, 7) is 0. The number of amides is 1. The van der Waals surface area contributed by atoms with Gasteiger partial charge < -0.3 is 4.74 Å². The Labute approximate surface area is 153 Å². The first kappa shape index (κ1) is 17.7. The van der Waals surface area contributed by atoms with E-state index in [0.29, 0.717) is 31.7 Å². The number of carbonyl (C=O) groups excluding carboxylic acids is 1. The van der Waals surface area contributed by atoms with Crippen LogP contribution in [0.1, 0.15) is 10.4 Å². The summed E-state index contributed by atoms with van der Waals surface area (Å²) in [5, 5.41) is 3.39. The molecule has 0 spiro atoms. The average molecular weight is 397 g/mol. The van der Waals surface area contributed by atoms with Gasteiger partial charge in [-0.2, -0.15) is 0 Å². The van der Waals surface area contributed by atoms with Gasteiger partial charge in [0.15, 0.2) is 15.0 Å². The SMILES string of the molecule is COc1ccc(C(=O)Nc2nc3ccc(S(C)(=O)=O)cc3s2)cc1Cl. The van der Waals surface area contributed by atoms with E-state index in [4.69, 9.17) is 16.3 Å². The fraction of sp³-hybridized carbons (Fsp3) is 0.125. The number of hydrogen-bond donors (Lipinski definition) is 1. The van der Waals surface area contributed by atoms with Crippen LogP contribution in [0.3, 0.4) is 0 Å². The van der Waals surface area contributed by atoms with E-state index in [1.54, 1.807) is 24.3 Å². The maximum atomic E-state index is 12.3. The summed E-state index contributed by atoms with van der Waals surface area (Å²) >= 11 is 7.22. The molecule has 1 heterocycles. The molecule has 3 aromatic rings. The molecule has 0 aliphatic rings. The van der Waals surface area contributed by atoms with Crippen molar-refractivity contribution >= 4 is 54.0 Å². The Bertz CT molecular complexity index is 1080. The first-order valence-electron chi connectivity index (χ1n) is 7.03. The van der Waals surface area contributed by atoms with E-state index >= 15 is 0 Å². The molecule has 0 unspecified atom stereocenters. The molecule has 0 aliphatic carbocycles. The van der Waals surface area contributed by atoms with Crippen molar-refractivity contribution in [2.24, 2.45) is 0 Å². The van der Waals surface area contributed by atoms with E-state index in [0.717, 1.165) is 6.26 Å². The Balaban J connectivity index is 1.87. The Morgan fingerprint density at radius 2 is 2.00 bits per heavy atom. The quantitative estimate of drug-likeness (QED) is 0.728. The second kappa shape index (κ2) is 6.62. The summed E-state index contributed by atoms with van der Waals surface area (Å²) in [6, 6.07) is 9.35. The van der Waals surface area contributed by atoms with Crippen molar-refractivity contribution in [3.05, 3.63) is 47.0 Å². The van der Waals surface area contributed by atoms with Gasteiger partial charge in [-0.3, -0.25) is 10.1 Å². The largest absolute Gasteiger partial charge is 0.495 e. The minimum absolute atomic E-state index is 0.212. The third-order valence-electron chi connectivity index (χ3n) is 3.42. The van der Waals surface area contributed by atoms with Gasteiger partial charge >= 0.3 is 0 Å². The van der Waals surface area contributed by atoms with Gasteiger partial charge in [0.2, 0.25) is 0 Å². The smallest absolute Gasteiger partial charge is 0.257 e. The van der Waals surface area contributed by atoms with E-state index in [-0.39, 0.29) is 10.8 Å². The molecule has 1 aromatic heterocycles. The molecule has 0 saturated heterocycles. The Morgan fingerprint density at radius 1 is 1.24 bits per heavy atom. The molecule has 1 N–H and O–H groups in total. The molecule has 6 nitrogen and oxygen atoms in total. The molecule has 1 amide bonds. The fourth-order valence-corrected chi connectivity index (χ4v) is 4.05. The summed E-state index contributed by atoms with van der Waals surface area (Å²) < 4.78 is 29.0. The molecule has 130 valence electrons.